The predicted molar refractivity (Wildman–Crippen MR) is 256 cm³/mol. The third kappa shape index (κ3) is 10.8. The van der Waals surface area contributed by atoms with Gasteiger partial charge in [0, 0.05) is 51.4 Å². The highest BCUT2D eigenvalue weighted by atomic mass is 16.5. The van der Waals surface area contributed by atoms with Gasteiger partial charge in [0.2, 0.25) is 0 Å². The highest BCUT2D eigenvalue weighted by Crippen LogP contribution is 2.34. The third-order valence-electron chi connectivity index (χ3n) is 12.2. The Morgan fingerprint density at radius 1 is 0.600 bits per heavy atom. The number of hydrogen-bond acceptors (Lipinski definition) is 14. The second kappa shape index (κ2) is 20.8. The maximum atomic E-state index is 13.7. The summed E-state index contributed by atoms with van der Waals surface area (Å²) in [6, 6.07) is 28.0. The Labute approximate surface area is 403 Å². The molecule has 20 heteroatoms. The van der Waals surface area contributed by atoms with Crippen LogP contribution in [0.5, 0.6) is 11.5 Å². The molecule has 0 spiro atoms. The van der Waals surface area contributed by atoms with Crippen LogP contribution in [-0.2, 0) is 22.7 Å². The third-order valence-corrected chi connectivity index (χ3v) is 12.2. The summed E-state index contributed by atoms with van der Waals surface area (Å²) in [5.74, 6) is 11.8. The van der Waals surface area contributed by atoms with Crippen molar-refractivity contribution >= 4 is 35.0 Å². The molecule has 9 rings (SSSR count). The first-order valence-electron chi connectivity index (χ1n) is 22.8. The summed E-state index contributed by atoms with van der Waals surface area (Å²) in [7, 11) is 3.28. The van der Waals surface area contributed by atoms with Gasteiger partial charge in [0.1, 0.15) is 35.8 Å². The summed E-state index contributed by atoms with van der Waals surface area (Å²) in [4.78, 5) is 63.9. The van der Waals surface area contributed by atoms with Crippen LogP contribution in [0, 0.1) is 23.7 Å². The smallest absolute Gasteiger partial charge is 0.293 e. The quantitative estimate of drug-likeness (QED) is 0.188. The van der Waals surface area contributed by atoms with Crippen molar-refractivity contribution in [3.8, 4) is 35.2 Å². The van der Waals surface area contributed by atoms with Gasteiger partial charge in [0.25, 0.3) is 35.3 Å². The molecule has 2 N–H and O–H groups in total. The molecule has 4 amide bonds. The van der Waals surface area contributed by atoms with E-state index in [0.717, 1.165) is 48.4 Å². The fourth-order valence-electron chi connectivity index (χ4n) is 8.18. The average molecular weight is 943 g/mol. The Balaban J connectivity index is 0.739. The molecule has 0 aliphatic carbocycles. The zero-order chi connectivity index (χ0) is 48.7. The van der Waals surface area contributed by atoms with Crippen molar-refractivity contribution in [2.75, 3.05) is 63.2 Å². The van der Waals surface area contributed by atoms with Crippen LogP contribution in [0.1, 0.15) is 57.3 Å². The van der Waals surface area contributed by atoms with Crippen LogP contribution in [0.25, 0.3) is 0 Å². The summed E-state index contributed by atoms with van der Waals surface area (Å²) in [6.45, 7) is 8.54. The van der Waals surface area contributed by atoms with E-state index >= 15 is 0 Å². The molecular weight excluding hydrogens is 893 g/mol. The van der Waals surface area contributed by atoms with E-state index in [0.29, 0.717) is 49.1 Å². The lowest BCUT2D eigenvalue weighted by molar-refractivity contribution is -0.122. The highest BCUT2D eigenvalue weighted by Gasteiger charge is 2.38. The summed E-state index contributed by atoms with van der Waals surface area (Å²) >= 11 is 0. The molecular formula is C50H50N14O6. The molecule has 356 valence electrons. The van der Waals surface area contributed by atoms with E-state index in [1.807, 2.05) is 84.9 Å². The maximum absolute atomic E-state index is 13.7. The molecule has 2 aromatic heterocycles. The van der Waals surface area contributed by atoms with Gasteiger partial charge in [-0.3, -0.25) is 29.0 Å². The number of anilines is 2. The van der Waals surface area contributed by atoms with Crippen molar-refractivity contribution in [2.24, 2.45) is 0 Å². The molecule has 6 aromatic rings. The zero-order valence-electron chi connectivity index (χ0n) is 39.0. The summed E-state index contributed by atoms with van der Waals surface area (Å²) in [5.41, 5.74) is 4.44. The largest absolute Gasteiger partial charge is 0.486 e. The van der Waals surface area contributed by atoms with Crippen LogP contribution in [0.4, 0.5) is 11.4 Å². The molecule has 4 aromatic carbocycles. The number of fused-ring (bicyclic) bond motifs is 2. The monoisotopic (exact) mass is 942 g/mol. The Hall–Kier alpha value is -8.46. The van der Waals surface area contributed by atoms with Gasteiger partial charge in [-0.2, -0.15) is 9.59 Å². The normalized spacial score (nSPS) is 19.1. The number of rotatable bonds is 10. The summed E-state index contributed by atoms with van der Waals surface area (Å²) < 4.78 is 12.4. The average Bonchev–Trinajstić information content (AvgIpc) is 4.02. The standard InChI is InChI=1S/C50H50N14O6/c1-33-43(51-47(65)45-53-57-63(55-45)31-37-13-7-5-8-14-37)49(67)59(3)39-29-35(19-21-41(39)69-33)17-11-23-61-25-27-62(28-26-61)24-12-18-36-20-22-42-40(30-36)60(4)50(68)44(34(2)70-42)52-48(66)46-54-58-64(56-46)32-38-15-9-6-10-16-38/h5-10,13-16,19-22,29-30,33-34,43-44H,23-28,31-32H2,1-4H3,(H,51,65)(H,52,66)/t33-,34-,43+,44+/m1/s1. The van der Waals surface area contributed by atoms with Crippen molar-refractivity contribution in [1.29, 1.82) is 0 Å². The molecule has 70 heavy (non-hydrogen) atoms. The Kier molecular flexibility index (Phi) is 13.9. The van der Waals surface area contributed by atoms with Crippen LogP contribution in [0.2, 0.25) is 0 Å². The van der Waals surface area contributed by atoms with Crippen LogP contribution in [-0.4, -0.2) is 151 Å². The molecule has 1 saturated heterocycles. The van der Waals surface area contributed by atoms with E-state index in [2.05, 4.69) is 74.9 Å². The molecule has 0 bridgehead atoms. The molecule has 0 unspecified atom stereocenters. The zero-order valence-corrected chi connectivity index (χ0v) is 39.0. The van der Waals surface area contributed by atoms with E-state index in [1.54, 1.807) is 40.1 Å². The van der Waals surface area contributed by atoms with Crippen molar-refractivity contribution < 1.29 is 28.7 Å². The number of ether oxygens (including phenoxy) is 2. The Bertz CT molecular complexity index is 2820. The van der Waals surface area contributed by atoms with Crippen molar-refractivity contribution in [2.45, 2.75) is 51.2 Å². The van der Waals surface area contributed by atoms with Crippen molar-refractivity contribution in [1.82, 2.24) is 60.8 Å². The summed E-state index contributed by atoms with van der Waals surface area (Å²) in [5, 5.41) is 29.7. The summed E-state index contributed by atoms with van der Waals surface area (Å²) in [6.07, 6.45) is -1.38. The number of likely N-dealkylation sites (N-methyl/N-ethyl adjacent to an activating group) is 2. The minimum Gasteiger partial charge on any atom is -0.486 e. The van der Waals surface area contributed by atoms with E-state index in [4.69, 9.17) is 9.47 Å². The molecule has 4 atom stereocenters. The number of benzene rings is 4. The topological polar surface area (TPSA) is 211 Å². The lowest BCUT2D eigenvalue weighted by Gasteiger charge is -2.32. The molecule has 3 aliphatic rings. The number of aromatic nitrogens is 8. The minimum atomic E-state index is -1.00. The number of amides is 4. The van der Waals surface area contributed by atoms with Gasteiger partial charge >= 0.3 is 0 Å². The number of nitrogens with zero attached hydrogens (tertiary/aromatic N) is 12. The van der Waals surface area contributed by atoms with E-state index < -0.39 is 36.1 Å². The lowest BCUT2D eigenvalue weighted by Crippen LogP contribution is -2.53. The van der Waals surface area contributed by atoms with Crippen LogP contribution < -0.4 is 29.9 Å². The van der Waals surface area contributed by atoms with Gasteiger partial charge in [0.05, 0.1) is 37.6 Å². The van der Waals surface area contributed by atoms with Crippen LogP contribution in [0.15, 0.2) is 97.1 Å². The highest BCUT2D eigenvalue weighted by molar-refractivity contribution is 6.04. The van der Waals surface area contributed by atoms with Crippen molar-refractivity contribution in [3.63, 3.8) is 0 Å². The minimum absolute atomic E-state index is 0.149. The fourth-order valence-corrected chi connectivity index (χ4v) is 8.18. The lowest BCUT2D eigenvalue weighted by atomic mass is 10.1. The molecule has 0 radical (unpaired) electrons. The van der Waals surface area contributed by atoms with E-state index in [1.165, 1.54) is 19.4 Å². The number of carbonyl (C=O) groups is 4. The van der Waals surface area contributed by atoms with Gasteiger partial charge in [-0.15, -0.1) is 20.4 Å². The molecule has 5 heterocycles. The van der Waals surface area contributed by atoms with Gasteiger partial charge in [-0.25, -0.2) is 0 Å². The van der Waals surface area contributed by atoms with Gasteiger partial charge in [-0.1, -0.05) is 84.3 Å². The number of hydrogen-bond donors (Lipinski definition) is 2. The first-order valence-corrected chi connectivity index (χ1v) is 22.8. The second-order valence-electron chi connectivity index (χ2n) is 17.1. The van der Waals surface area contributed by atoms with Crippen LogP contribution in [0.3, 0.4) is 0 Å². The molecule has 0 saturated carbocycles. The Morgan fingerprint density at radius 2 is 1.00 bits per heavy atom. The Morgan fingerprint density at radius 3 is 1.40 bits per heavy atom. The second-order valence-corrected chi connectivity index (χ2v) is 17.1. The van der Waals surface area contributed by atoms with E-state index in [-0.39, 0.29) is 23.5 Å². The maximum Gasteiger partial charge on any atom is 0.293 e. The van der Waals surface area contributed by atoms with E-state index in [9.17, 15) is 19.2 Å². The first-order chi connectivity index (χ1) is 33.9. The number of carbonyl (C=O) groups excluding carboxylic acids is 4. The predicted octanol–water partition coefficient (Wildman–Crippen LogP) is 1.86. The molecule has 3 aliphatic heterocycles. The SMILES string of the molecule is C[C@H]1Oc2ccc(C#CCN3CCN(CC#Cc4ccc5c(c4)N(C)C(=O)[C@@H](NC(=O)c4nnn(Cc6ccccc6)n4)[C@@H](C)O5)CC3)cc2N(C)C(=O)[C@H]1NC(=O)c1nnn(Cc2ccccc2)n1. The number of tetrazole rings is 2. The molecule has 1 fully saturated rings. The number of piperazine rings is 1. The van der Waals surface area contributed by atoms with Gasteiger partial charge < -0.3 is 29.9 Å². The first kappa shape index (κ1) is 46.6. The van der Waals surface area contributed by atoms with Gasteiger partial charge in [0.15, 0.2) is 0 Å². The molecule has 20 nitrogen and oxygen atoms in total. The van der Waals surface area contributed by atoms with Gasteiger partial charge in [-0.05, 0) is 71.8 Å². The fraction of sp³-hybridized carbons (Fsp3) is 0.320. The van der Waals surface area contributed by atoms with Crippen LogP contribution >= 0.6 is 0 Å². The number of nitrogens with one attached hydrogen (secondary N) is 2. The van der Waals surface area contributed by atoms with Crippen molar-refractivity contribution in [3.05, 3.63) is 131 Å².